The van der Waals surface area contributed by atoms with Crippen molar-refractivity contribution < 1.29 is 0 Å². The maximum absolute atomic E-state index is 9.45. The fourth-order valence-electron chi connectivity index (χ4n) is 7.40. The van der Waals surface area contributed by atoms with Crippen molar-refractivity contribution in [3.05, 3.63) is 191 Å². The fourth-order valence-corrected chi connectivity index (χ4v) is 7.40. The van der Waals surface area contributed by atoms with Gasteiger partial charge in [-0.1, -0.05) is 121 Å². The number of likely N-dealkylation sites (N-methyl/N-ethyl adjacent to an activating group) is 1. The van der Waals surface area contributed by atoms with Gasteiger partial charge in [-0.15, -0.1) is 0 Å². The van der Waals surface area contributed by atoms with Gasteiger partial charge in [0.15, 0.2) is 0 Å². The summed E-state index contributed by atoms with van der Waals surface area (Å²) >= 11 is 0. The lowest BCUT2D eigenvalue weighted by molar-refractivity contribution is 0.412. The van der Waals surface area contributed by atoms with E-state index in [1.54, 1.807) is 6.20 Å². The molecular formula is C41H29N3. The van der Waals surface area contributed by atoms with Crippen molar-refractivity contribution in [2.75, 3.05) is 7.05 Å². The molecule has 0 saturated carbocycles. The molecule has 0 spiro atoms. The van der Waals surface area contributed by atoms with E-state index in [4.69, 9.17) is 0 Å². The first-order valence-electron chi connectivity index (χ1n) is 15.0. The minimum atomic E-state index is -0.445. The smallest absolute Gasteiger partial charge is 0.141 e. The minimum Gasteiger partial charge on any atom is -0.364 e. The Morgan fingerprint density at radius 1 is 0.750 bits per heavy atom. The molecule has 0 bridgehead atoms. The van der Waals surface area contributed by atoms with Gasteiger partial charge in [0.1, 0.15) is 11.8 Å². The average molecular weight is 564 g/mol. The Labute approximate surface area is 257 Å². The number of pyridine rings is 1. The monoisotopic (exact) mass is 563 g/mol. The Morgan fingerprint density at radius 2 is 1.45 bits per heavy atom. The Morgan fingerprint density at radius 3 is 2.20 bits per heavy atom. The molecule has 1 aliphatic carbocycles. The maximum atomic E-state index is 9.45. The molecule has 0 N–H and O–H groups in total. The molecule has 208 valence electrons. The quantitative estimate of drug-likeness (QED) is 0.214. The molecule has 1 unspecified atom stereocenters. The second kappa shape index (κ2) is 10.2. The topological polar surface area (TPSA) is 39.9 Å². The molecule has 0 saturated heterocycles. The zero-order chi connectivity index (χ0) is 29.7. The van der Waals surface area contributed by atoms with E-state index in [0.717, 1.165) is 11.3 Å². The van der Waals surface area contributed by atoms with Gasteiger partial charge in [0, 0.05) is 24.5 Å². The van der Waals surface area contributed by atoms with Crippen LogP contribution in [0.4, 0.5) is 0 Å². The van der Waals surface area contributed by atoms with Crippen molar-refractivity contribution >= 4 is 16.5 Å². The normalized spacial score (nSPS) is 16.2. The number of rotatable bonds is 4. The Balaban J connectivity index is 1.36. The number of benzene rings is 5. The van der Waals surface area contributed by atoms with Crippen LogP contribution in [0, 0.1) is 11.3 Å². The summed E-state index contributed by atoms with van der Waals surface area (Å²) in [5.74, 6) is 0. The molecule has 1 aromatic heterocycles. The van der Waals surface area contributed by atoms with E-state index in [9.17, 15) is 5.26 Å². The molecule has 0 fully saturated rings. The maximum Gasteiger partial charge on any atom is 0.141 e. The molecule has 3 nitrogen and oxygen atoms in total. The molecule has 8 rings (SSSR count). The third kappa shape index (κ3) is 3.78. The number of allylic oxidation sites excluding steroid dienone is 2. The summed E-state index contributed by atoms with van der Waals surface area (Å²) in [6.45, 7) is 0. The van der Waals surface area contributed by atoms with Gasteiger partial charge in [0.2, 0.25) is 0 Å². The third-order valence-corrected chi connectivity index (χ3v) is 9.32. The third-order valence-electron chi connectivity index (χ3n) is 9.32. The predicted octanol–water partition coefficient (Wildman–Crippen LogP) is 9.05. The summed E-state index contributed by atoms with van der Waals surface area (Å²) in [5, 5.41) is 12.0. The Bertz CT molecular complexity index is 2110. The van der Waals surface area contributed by atoms with Crippen LogP contribution in [0.1, 0.15) is 45.1 Å². The summed E-state index contributed by atoms with van der Waals surface area (Å²) in [6.07, 6.45) is 8.19. The van der Waals surface area contributed by atoms with Gasteiger partial charge in [0.05, 0.1) is 11.5 Å². The Kier molecular flexibility index (Phi) is 6.03. The van der Waals surface area contributed by atoms with Gasteiger partial charge in [-0.25, -0.2) is 4.98 Å². The zero-order valence-corrected chi connectivity index (χ0v) is 24.4. The number of hydrogen-bond acceptors (Lipinski definition) is 3. The SMILES string of the molecule is CN1C(c2ccnc(C#N)c2)=CC=CC1c1ccc2c(c1)-c1c(ccc3ccccc13)C2(c1ccccc1)c1ccccc1. The van der Waals surface area contributed by atoms with Gasteiger partial charge in [-0.05, 0) is 74.0 Å². The second-order valence-corrected chi connectivity index (χ2v) is 11.5. The predicted molar refractivity (Wildman–Crippen MR) is 178 cm³/mol. The van der Waals surface area contributed by atoms with Gasteiger partial charge >= 0.3 is 0 Å². The van der Waals surface area contributed by atoms with Crippen LogP contribution in [0.2, 0.25) is 0 Å². The molecule has 3 heteroatoms. The highest BCUT2D eigenvalue weighted by Crippen LogP contribution is 2.58. The van der Waals surface area contributed by atoms with Crippen molar-refractivity contribution in [2.45, 2.75) is 11.5 Å². The van der Waals surface area contributed by atoms with Crippen LogP contribution in [-0.2, 0) is 5.41 Å². The fraction of sp³-hybridized carbons (Fsp3) is 0.0732. The molecule has 0 amide bonds. The highest BCUT2D eigenvalue weighted by molar-refractivity contribution is 6.04. The highest BCUT2D eigenvalue weighted by Gasteiger charge is 2.46. The molecule has 1 atom stereocenters. The molecule has 1 aliphatic heterocycles. The molecule has 44 heavy (non-hydrogen) atoms. The molecule has 2 heterocycles. The van der Waals surface area contributed by atoms with Gasteiger partial charge < -0.3 is 4.90 Å². The number of nitrogens with zero attached hydrogens (tertiary/aromatic N) is 3. The molecule has 6 aromatic rings. The van der Waals surface area contributed by atoms with Gasteiger partial charge in [-0.2, -0.15) is 5.26 Å². The van der Waals surface area contributed by atoms with Crippen molar-refractivity contribution in [1.82, 2.24) is 9.88 Å². The number of aromatic nitrogens is 1. The average Bonchev–Trinajstić information content (AvgIpc) is 3.40. The highest BCUT2D eigenvalue weighted by atomic mass is 15.1. The number of hydrogen-bond donors (Lipinski definition) is 0. The van der Waals surface area contributed by atoms with Crippen LogP contribution >= 0.6 is 0 Å². The van der Waals surface area contributed by atoms with Crippen LogP contribution in [0.15, 0.2) is 152 Å². The van der Waals surface area contributed by atoms with Crippen molar-refractivity contribution in [1.29, 1.82) is 5.26 Å². The summed E-state index contributed by atoms with van der Waals surface area (Å²) in [4.78, 5) is 6.47. The first-order valence-corrected chi connectivity index (χ1v) is 15.0. The van der Waals surface area contributed by atoms with E-state index in [1.165, 1.54) is 49.7 Å². The van der Waals surface area contributed by atoms with Crippen molar-refractivity contribution in [2.24, 2.45) is 0 Å². The van der Waals surface area contributed by atoms with E-state index >= 15 is 0 Å². The largest absolute Gasteiger partial charge is 0.364 e. The summed E-state index contributed by atoms with van der Waals surface area (Å²) in [6, 6.07) is 48.4. The molecule has 5 aromatic carbocycles. The summed E-state index contributed by atoms with van der Waals surface area (Å²) in [7, 11) is 2.13. The lowest BCUT2D eigenvalue weighted by atomic mass is 9.67. The van der Waals surface area contributed by atoms with E-state index in [1.807, 2.05) is 12.1 Å². The first kappa shape index (κ1) is 25.9. The van der Waals surface area contributed by atoms with Crippen molar-refractivity contribution in [3.8, 4) is 17.2 Å². The lowest BCUT2D eigenvalue weighted by Crippen LogP contribution is -2.28. The van der Waals surface area contributed by atoms with Crippen LogP contribution in [-0.4, -0.2) is 16.9 Å². The van der Waals surface area contributed by atoms with Crippen LogP contribution < -0.4 is 0 Å². The van der Waals surface area contributed by atoms with Crippen molar-refractivity contribution in [3.63, 3.8) is 0 Å². The summed E-state index contributed by atoms with van der Waals surface area (Å²) in [5.41, 5.74) is 11.0. The summed E-state index contributed by atoms with van der Waals surface area (Å²) < 4.78 is 0. The standard InChI is InChI=1S/C41H29N3/c1-44-38(17-10-18-39(44)30-23-24-43-33(25-30)27-42)29-20-21-36-35(26-29)40-34-16-9-8-11-28(34)19-22-37(40)41(36,31-12-4-2-5-13-31)32-14-6-3-7-15-32/h2-26,38H,1H3. The van der Waals surface area contributed by atoms with E-state index in [0.29, 0.717) is 5.69 Å². The number of nitriles is 1. The number of fused-ring (bicyclic) bond motifs is 5. The minimum absolute atomic E-state index is 0.0286. The van der Waals surface area contributed by atoms with E-state index < -0.39 is 5.41 Å². The van der Waals surface area contributed by atoms with Crippen LogP contribution in [0.25, 0.3) is 27.6 Å². The van der Waals surface area contributed by atoms with E-state index in [2.05, 4.69) is 156 Å². The first-order chi connectivity index (χ1) is 21.7. The van der Waals surface area contributed by atoms with Crippen LogP contribution in [0.3, 0.4) is 0 Å². The zero-order valence-electron chi connectivity index (χ0n) is 24.4. The second-order valence-electron chi connectivity index (χ2n) is 11.5. The molecular weight excluding hydrogens is 534 g/mol. The Hall–Kier alpha value is -5.72. The van der Waals surface area contributed by atoms with E-state index in [-0.39, 0.29) is 6.04 Å². The van der Waals surface area contributed by atoms with Gasteiger partial charge in [0.25, 0.3) is 0 Å². The van der Waals surface area contributed by atoms with Crippen LogP contribution in [0.5, 0.6) is 0 Å². The molecule has 2 aliphatic rings. The molecule has 0 radical (unpaired) electrons. The van der Waals surface area contributed by atoms with Gasteiger partial charge in [-0.3, -0.25) is 0 Å². The lowest BCUT2D eigenvalue weighted by Gasteiger charge is -2.35.